The van der Waals surface area contributed by atoms with Gasteiger partial charge in [0, 0.05) is 61.7 Å². The Morgan fingerprint density at radius 2 is 2.02 bits per heavy atom. The van der Waals surface area contributed by atoms with Gasteiger partial charge in [-0.1, -0.05) is 6.07 Å². The molecule has 4 aromatic rings. The number of fused-ring (bicyclic) bond motifs is 3. The fourth-order valence-corrected chi connectivity index (χ4v) is 9.29. The lowest BCUT2D eigenvalue weighted by atomic mass is 9.92. The molecule has 0 aliphatic carbocycles. The summed E-state index contributed by atoms with van der Waals surface area (Å²) in [5, 5.41) is 9.19. The first kappa shape index (κ1) is 33.8. The Labute approximate surface area is 283 Å². The zero-order chi connectivity index (χ0) is 35.0. The third kappa shape index (κ3) is 5.66. The minimum atomic E-state index is -5.11. The number of rotatable bonds is 7. The number of nitrogen functional groups attached to an aromatic ring is 1. The molecule has 260 valence electrons. The first-order valence-electron chi connectivity index (χ1n) is 15.6. The molecule has 9 nitrogen and oxygen atoms in total. The summed E-state index contributed by atoms with van der Waals surface area (Å²) in [5.41, 5.74) is 1.89. The maximum atomic E-state index is 17.0. The molecule has 2 aromatic carbocycles. The smallest absolute Gasteiger partial charge is 0.417 e. The monoisotopic (exact) mass is 723 g/mol. The summed E-state index contributed by atoms with van der Waals surface area (Å²) in [6.45, 7) is 1.71. The van der Waals surface area contributed by atoms with Crippen molar-refractivity contribution in [2.75, 3.05) is 56.7 Å². The average molecular weight is 724 g/mol. The van der Waals surface area contributed by atoms with Crippen molar-refractivity contribution in [1.29, 1.82) is 5.26 Å². The molecule has 49 heavy (non-hydrogen) atoms. The van der Waals surface area contributed by atoms with Gasteiger partial charge in [0.2, 0.25) is 0 Å². The third-order valence-electron chi connectivity index (χ3n) is 10.00. The van der Waals surface area contributed by atoms with Gasteiger partial charge in [-0.05, 0) is 43.5 Å². The van der Waals surface area contributed by atoms with Crippen molar-refractivity contribution in [3.8, 4) is 23.2 Å². The van der Waals surface area contributed by atoms with E-state index in [9.17, 15) is 31.4 Å². The lowest BCUT2D eigenvalue weighted by Crippen LogP contribution is -2.43. The molecule has 0 radical (unpaired) electrons. The van der Waals surface area contributed by atoms with E-state index in [0.29, 0.717) is 43.8 Å². The van der Waals surface area contributed by atoms with Crippen LogP contribution in [-0.2, 0) is 17.2 Å². The van der Waals surface area contributed by atoms with Crippen molar-refractivity contribution >= 4 is 54.1 Å². The predicted octanol–water partition coefficient (Wildman–Crippen LogP) is 6.02. The second-order valence-corrected chi connectivity index (χ2v) is 15.2. The van der Waals surface area contributed by atoms with Gasteiger partial charge in [0.25, 0.3) is 0 Å². The highest BCUT2D eigenvalue weighted by atomic mass is 32.2. The molecule has 3 saturated heterocycles. The summed E-state index contributed by atoms with van der Waals surface area (Å²) < 4.78 is 111. The van der Waals surface area contributed by atoms with Crippen LogP contribution in [0.4, 0.5) is 37.2 Å². The van der Waals surface area contributed by atoms with Gasteiger partial charge in [-0.3, -0.25) is 4.90 Å². The SMILES string of the molecule is CN(c1nc(OCC23CCCN2CC(F)C3)nc2c(F)c(-c3ccc(F)c4sc(N)c(C#N)c34)c(C(F)(F)F)cc12)C1CCN(S(C)=O)C1. The quantitative estimate of drug-likeness (QED) is 0.231. The summed E-state index contributed by atoms with van der Waals surface area (Å²) in [4.78, 5) is 12.4. The number of thiophene rings is 1. The van der Waals surface area contributed by atoms with E-state index in [1.807, 2.05) is 11.0 Å². The van der Waals surface area contributed by atoms with Crippen LogP contribution in [0.5, 0.6) is 6.01 Å². The van der Waals surface area contributed by atoms with Crippen LogP contribution in [-0.4, -0.2) is 87.2 Å². The first-order chi connectivity index (χ1) is 23.2. The maximum Gasteiger partial charge on any atom is 0.417 e. The van der Waals surface area contributed by atoms with Gasteiger partial charge in [0.1, 0.15) is 41.0 Å². The number of nitrogens with two attached hydrogens (primary N) is 1. The molecule has 3 aliphatic rings. The van der Waals surface area contributed by atoms with Crippen LogP contribution >= 0.6 is 11.3 Å². The van der Waals surface area contributed by atoms with Crippen LogP contribution in [0.2, 0.25) is 0 Å². The number of nitrogens with zero attached hydrogens (tertiary/aromatic N) is 6. The van der Waals surface area contributed by atoms with E-state index in [2.05, 4.69) is 9.97 Å². The van der Waals surface area contributed by atoms with Gasteiger partial charge in [0.15, 0.2) is 5.82 Å². The van der Waals surface area contributed by atoms with Gasteiger partial charge in [-0.15, -0.1) is 11.3 Å². The van der Waals surface area contributed by atoms with Crippen molar-refractivity contribution in [2.45, 2.75) is 49.6 Å². The molecule has 0 amide bonds. The molecule has 0 spiro atoms. The topological polar surface area (TPSA) is 112 Å². The number of anilines is 2. The Bertz CT molecular complexity index is 2050. The van der Waals surface area contributed by atoms with E-state index in [4.69, 9.17) is 10.5 Å². The summed E-state index contributed by atoms with van der Waals surface area (Å²) in [5.74, 6) is -2.24. The summed E-state index contributed by atoms with van der Waals surface area (Å²) >= 11 is 0.680. The zero-order valence-corrected chi connectivity index (χ0v) is 28.0. The molecule has 2 N–H and O–H groups in total. The molecular weight excluding hydrogens is 693 g/mol. The van der Waals surface area contributed by atoms with Gasteiger partial charge in [0.05, 0.1) is 32.4 Å². The highest BCUT2D eigenvalue weighted by Crippen LogP contribution is 2.48. The number of alkyl halides is 4. The van der Waals surface area contributed by atoms with Gasteiger partial charge in [-0.2, -0.15) is 28.4 Å². The van der Waals surface area contributed by atoms with Gasteiger partial charge >= 0.3 is 12.2 Å². The van der Waals surface area contributed by atoms with E-state index in [-0.39, 0.29) is 69.0 Å². The third-order valence-corrected chi connectivity index (χ3v) is 12.1. The molecule has 0 saturated carbocycles. The van der Waals surface area contributed by atoms with Crippen LogP contribution in [0.1, 0.15) is 36.8 Å². The highest BCUT2D eigenvalue weighted by molar-refractivity contribution is 7.81. The molecule has 0 bridgehead atoms. The fourth-order valence-electron chi connectivity index (χ4n) is 7.60. The number of hydrogen-bond acceptors (Lipinski definition) is 9. The lowest BCUT2D eigenvalue weighted by Gasteiger charge is -2.31. The molecule has 3 aliphatic heterocycles. The standard InChI is InChI=1S/C32H31F6N7O2S2/c1-43(17-6-9-45(14-17)49(2)46)29-19-10-21(32(36,37)38)24(18-4-5-22(34)27-23(18)20(12-39)28(40)48-27)25(35)26(19)41-30(42-29)47-15-31-7-3-8-44(31)13-16(33)11-31/h4-5,10,16-17H,3,6-9,11,13-15,40H2,1-2H3. The second-order valence-electron chi connectivity index (χ2n) is 12.8. The van der Waals surface area contributed by atoms with Crippen LogP contribution in [0.3, 0.4) is 0 Å². The second kappa shape index (κ2) is 12.3. The predicted molar refractivity (Wildman–Crippen MR) is 175 cm³/mol. The minimum absolute atomic E-state index is 0.0124. The maximum absolute atomic E-state index is 17.0. The van der Waals surface area contributed by atoms with Crippen LogP contribution in [0, 0.1) is 23.0 Å². The lowest BCUT2D eigenvalue weighted by molar-refractivity contribution is -0.137. The molecule has 2 aromatic heterocycles. The van der Waals surface area contributed by atoms with E-state index in [0.717, 1.165) is 24.6 Å². The van der Waals surface area contributed by atoms with Crippen molar-refractivity contribution in [3.05, 3.63) is 41.0 Å². The fraction of sp³-hybridized carbons (Fsp3) is 0.469. The Kier molecular flexibility index (Phi) is 8.44. The van der Waals surface area contributed by atoms with Crippen LogP contribution < -0.4 is 15.4 Å². The summed E-state index contributed by atoms with van der Waals surface area (Å²) in [6.07, 6.45) is -2.38. The largest absolute Gasteiger partial charge is 0.461 e. The van der Waals surface area contributed by atoms with Crippen molar-refractivity contribution in [2.24, 2.45) is 0 Å². The van der Waals surface area contributed by atoms with E-state index < -0.39 is 57.2 Å². The molecule has 17 heteroatoms. The Balaban J connectivity index is 1.44. The molecule has 3 fully saturated rings. The van der Waals surface area contributed by atoms with Crippen molar-refractivity contribution in [1.82, 2.24) is 19.2 Å². The molecule has 7 rings (SSSR count). The van der Waals surface area contributed by atoms with Crippen LogP contribution in [0.15, 0.2) is 18.2 Å². The average Bonchev–Trinajstić information content (AvgIpc) is 3.82. The summed E-state index contributed by atoms with van der Waals surface area (Å²) in [6, 6.07) is 3.82. The van der Waals surface area contributed by atoms with E-state index >= 15 is 4.39 Å². The Morgan fingerprint density at radius 1 is 1.24 bits per heavy atom. The van der Waals surface area contributed by atoms with E-state index in [1.54, 1.807) is 16.3 Å². The zero-order valence-electron chi connectivity index (χ0n) is 26.4. The number of hydrogen-bond donors (Lipinski definition) is 1. The highest BCUT2D eigenvalue weighted by Gasteiger charge is 2.49. The number of aromatic nitrogens is 2. The van der Waals surface area contributed by atoms with Crippen molar-refractivity contribution < 1.29 is 35.3 Å². The molecule has 5 heterocycles. The molecule has 4 unspecified atom stereocenters. The van der Waals surface area contributed by atoms with E-state index in [1.165, 1.54) is 6.26 Å². The number of benzene rings is 2. The summed E-state index contributed by atoms with van der Waals surface area (Å²) in [7, 11) is 0.320. The Hall–Kier alpha value is -3.72. The number of nitriles is 1. The van der Waals surface area contributed by atoms with Gasteiger partial charge < -0.3 is 15.4 Å². The van der Waals surface area contributed by atoms with Crippen LogP contribution in [0.25, 0.3) is 32.1 Å². The van der Waals surface area contributed by atoms with Crippen molar-refractivity contribution in [3.63, 3.8) is 0 Å². The minimum Gasteiger partial charge on any atom is -0.461 e. The normalized spacial score (nSPS) is 23.7. The van der Waals surface area contributed by atoms with Gasteiger partial charge in [-0.25, -0.2) is 21.7 Å². The molecule has 4 atom stereocenters. The number of likely N-dealkylation sites (N-methyl/N-ethyl adjacent to an activating group) is 1. The number of halogens is 6. The number of ether oxygens (including phenoxy) is 1. The Morgan fingerprint density at radius 3 is 2.71 bits per heavy atom. The molecular formula is C32H31F6N7O2S2. The first-order valence-corrected chi connectivity index (χ1v) is 17.9.